The van der Waals surface area contributed by atoms with Crippen molar-refractivity contribution in [3.63, 3.8) is 0 Å². The molecule has 0 amide bonds. The van der Waals surface area contributed by atoms with Gasteiger partial charge in [-0.3, -0.25) is 0 Å². The normalized spacial score (nSPS) is 12.6. The lowest BCUT2D eigenvalue weighted by Crippen LogP contribution is -2.34. The summed E-state index contributed by atoms with van der Waals surface area (Å²) in [6.45, 7) is 6.37. The zero-order valence-corrected chi connectivity index (χ0v) is 12.1. The third kappa shape index (κ3) is 4.27. The first-order valence-electron chi connectivity index (χ1n) is 5.74. The van der Waals surface area contributed by atoms with Crippen LogP contribution in [0.25, 0.3) is 0 Å². The van der Waals surface area contributed by atoms with Crippen LogP contribution in [0.15, 0.2) is 0 Å². The molecule has 0 N–H and O–H groups in total. The largest absolute Gasteiger partial charge is 0.461 e. The SMILES string of the molecule is COCC(C)N(C)c1nc(Cl)nc(OC(C)C)n1. The lowest BCUT2D eigenvalue weighted by Gasteiger charge is -2.24. The van der Waals surface area contributed by atoms with Gasteiger partial charge in [0.2, 0.25) is 11.2 Å². The Kier molecular flexibility index (Phi) is 5.55. The lowest BCUT2D eigenvalue weighted by molar-refractivity contribution is 0.182. The van der Waals surface area contributed by atoms with E-state index in [1.165, 1.54) is 0 Å². The summed E-state index contributed by atoms with van der Waals surface area (Å²) < 4.78 is 10.5. The van der Waals surface area contributed by atoms with Crippen LogP contribution in [0.1, 0.15) is 20.8 Å². The van der Waals surface area contributed by atoms with Crippen molar-refractivity contribution >= 4 is 17.5 Å². The Bertz CT molecular complexity index is 389. The molecule has 1 rings (SSSR count). The molecule has 1 heterocycles. The number of likely N-dealkylation sites (N-methyl/N-ethyl adjacent to an activating group) is 1. The van der Waals surface area contributed by atoms with Crippen molar-refractivity contribution < 1.29 is 9.47 Å². The summed E-state index contributed by atoms with van der Waals surface area (Å²) in [6.07, 6.45) is -0.0157. The van der Waals surface area contributed by atoms with Crippen molar-refractivity contribution in [2.75, 3.05) is 25.7 Å². The molecule has 0 saturated heterocycles. The van der Waals surface area contributed by atoms with Gasteiger partial charge in [-0.05, 0) is 32.4 Å². The molecule has 1 aromatic rings. The molecule has 0 aliphatic heterocycles. The number of anilines is 1. The van der Waals surface area contributed by atoms with E-state index in [0.717, 1.165) is 0 Å². The molecule has 102 valence electrons. The number of hydrogen-bond donors (Lipinski definition) is 0. The second-order valence-electron chi connectivity index (χ2n) is 4.27. The number of rotatable bonds is 6. The van der Waals surface area contributed by atoms with E-state index in [2.05, 4.69) is 15.0 Å². The molecular weight excluding hydrogens is 256 g/mol. The van der Waals surface area contributed by atoms with Crippen molar-refractivity contribution in [1.29, 1.82) is 0 Å². The van der Waals surface area contributed by atoms with Gasteiger partial charge in [0.05, 0.1) is 18.8 Å². The maximum Gasteiger partial charge on any atom is 0.322 e. The van der Waals surface area contributed by atoms with Crippen LogP contribution in [0.2, 0.25) is 5.28 Å². The van der Waals surface area contributed by atoms with Crippen LogP contribution in [-0.2, 0) is 4.74 Å². The van der Waals surface area contributed by atoms with Crippen LogP contribution < -0.4 is 9.64 Å². The van der Waals surface area contributed by atoms with Gasteiger partial charge in [-0.15, -0.1) is 0 Å². The van der Waals surface area contributed by atoms with Gasteiger partial charge in [0.15, 0.2) is 0 Å². The molecule has 18 heavy (non-hydrogen) atoms. The molecule has 0 aliphatic rings. The molecule has 0 aromatic carbocycles. The van der Waals surface area contributed by atoms with E-state index >= 15 is 0 Å². The average molecular weight is 275 g/mol. The number of methoxy groups -OCH3 is 1. The highest BCUT2D eigenvalue weighted by Crippen LogP contribution is 2.16. The van der Waals surface area contributed by atoms with Gasteiger partial charge < -0.3 is 14.4 Å². The fourth-order valence-electron chi connectivity index (χ4n) is 1.29. The van der Waals surface area contributed by atoms with E-state index in [1.54, 1.807) is 7.11 Å². The van der Waals surface area contributed by atoms with Crippen LogP contribution in [0, 0.1) is 0 Å². The van der Waals surface area contributed by atoms with Crippen molar-refractivity contribution in [2.24, 2.45) is 0 Å². The summed E-state index contributed by atoms with van der Waals surface area (Å²) in [5, 5.41) is 0.118. The summed E-state index contributed by atoms with van der Waals surface area (Å²) in [5.74, 6) is 0.468. The molecule has 1 aromatic heterocycles. The highest BCUT2D eigenvalue weighted by Gasteiger charge is 2.15. The van der Waals surface area contributed by atoms with E-state index in [-0.39, 0.29) is 23.4 Å². The molecule has 0 saturated carbocycles. The molecule has 1 unspecified atom stereocenters. The van der Waals surface area contributed by atoms with Crippen molar-refractivity contribution in [2.45, 2.75) is 32.9 Å². The Morgan fingerprint density at radius 1 is 1.22 bits per heavy atom. The average Bonchev–Trinajstić information content (AvgIpc) is 2.26. The summed E-state index contributed by atoms with van der Waals surface area (Å²) in [5.41, 5.74) is 0. The second-order valence-corrected chi connectivity index (χ2v) is 4.61. The Balaban J connectivity index is 2.91. The maximum atomic E-state index is 5.86. The van der Waals surface area contributed by atoms with Gasteiger partial charge in [0.1, 0.15) is 0 Å². The minimum absolute atomic E-state index is 0.0157. The minimum atomic E-state index is -0.0157. The number of halogens is 1. The molecule has 0 aliphatic carbocycles. The van der Waals surface area contributed by atoms with Crippen molar-refractivity contribution in [3.05, 3.63) is 5.28 Å². The zero-order chi connectivity index (χ0) is 13.7. The molecule has 0 radical (unpaired) electrons. The van der Waals surface area contributed by atoms with E-state index < -0.39 is 0 Å². The van der Waals surface area contributed by atoms with Gasteiger partial charge in [0.25, 0.3) is 0 Å². The minimum Gasteiger partial charge on any atom is -0.461 e. The Hall–Kier alpha value is -1.14. The quantitative estimate of drug-likeness (QED) is 0.788. The number of aromatic nitrogens is 3. The second kappa shape index (κ2) is 6.70. The van der Waals surface area contributed by atoms with Crippen LogP contribution >= 0.6 is 11.6 Å². The summed E-state index contributed by atoms with van der Waals surface area (Å²) in [6, 6.07) is 0.358. The van der Waals surface area contributed by atoms with Gasteiger partial charge in [-0.1, -0.05) is 0 Å². The van der Waals surface area contributed by atoms with E-state index in [9.17, 15) is 0 Å². The van der Waals surface area contributed by atoms with E-state index in [0.29, 0.717) is 12.6 Å². The monoisotopic (exact) mass is 274 g/mol. The first-order chi connectivity index (χ1) is 8.43. The lowest BCUT2D eigenvalue weighted by atomic mass is 10.3. The molecule has 0 bridgehead atoms. The first-order valence-corrected chi connectivity index (χ1v) is 6.11. The third-order valence-corrected chi connectivity index (χ3v) is 2.47. The molecule has 6 nitrogen and oxygen atoms in total. The molecular formula is C11H19ClN4O2. The predicted molar refractivity (Wildman–Crippen MR) is 70.3 cm³/mol. The summed E-state index contributed by atoms with van der Waals surface area (Å²) in [4.78, 5) is 14.1. The summed E-state index contributed by atoms with van der Waals surface area (Å²) in [7, 11) is 3.52. The number of hydrogen-bond acceptors (Lipinski definition) is 6. The van der Waals surface area contributed by atoms with Gasteiger partial charge in [-0.2, -0.15) is 15.0 Å². The van der Waals surface area contributed by atoms with Crippen molar-refractivity contribution in [3.8, 4) is 6.01 Å². The van der Waals surface area contributed by atoms with Crippen molar-refractivity contribution in [1.82, 2.24) is 15.0 Å². The number of nitrogens with zero attached hydrogens (tertiary/aromatic N) is 4. The topological polar surface area (TPSA) is 60.4 Å². The van der Waals surface area contributed by atoms with Gasteiger partial charge >= 0.3 is 6.01 Å². The molecule has 1 atom stereocenters. The van der Waals surface area contributed by atoms with Crippen LogP contribution in [-0.4, -0.2) is 47.9 Å². The van der Waals surface area contributed by atoms with Crippen LogP contribution in [0.3, 0.4) is 0 Å². The van der Waals surface area contributed by atoms with Crippen LogP contribution in [0.4, 0.5) is 5.95 Å². The van der Waals surface area contributed by atoms with Crippen LogP contribution in [0.5, 0.6) is 6.01 Å². The first kappa shape index (κ1) is 14.9. The highest BCUT2D eigenvalue weighted by atomic mass is 35.5. The fraction of sp³-hybridized carbons (Fsp3) is 0.727. The van der Waals surface area contributed by atoms with E-state index in [1.807, 2.05) is 32.7 Å². The number of ether oxygens (including phenoxy) is 2. The Labute approximate surface area is 112 Å². The molecule has 7 heteroatoms. The smallest absolute Gasteiger partial charge is 0.322 e. The Morgan fingerprint density at radius 2 is 1.89 bits per heavy atom. The predicted octanol–water partition coefficient (Wildman–Crippen LogP) is 1.78. The maximum absolute atomic E-state index is 5.86. The van der Waals surface area contributed by atoms with Gasteiger partial charge in [-0.25, -0.2) is 0 Å². The summed E-state index contributed by atoms with van der Waals surface area (Å²) >= 11 is 5.86. The van der Waals surface area contributed by atoms with Gasteiger partial charge in [0, 0.05) is 14.2 Å². The fourth-order valence-corrected chi connectivity index (χ4v) is 1.44. The van der Waals surface area contributed by atoms with E-state index in [4.69, 9.17) is 21.1 Å². The Morgan fingerprint density at radius 3 is 2.44 bits per heavy atom. The molecule has 0 spiro atoms. The standard InChI is InChI=1S/C11H19ClN4O2/c1-7(2)18-11-14-9(12)13-10(15-11)16(4)8(3)6-17-5/h7-8H,6H2,1-5H3. The molecule has 0 fully saturated rings. The zero-order valence-electron chi connectivity index (χ0n) is 11.3. The highest BCUT2D eigenvalue weighted by molar-refractivity contribution is 6.28. The third-order valence-electron chi connectivity index (χ3n) is 2.30.